The van der Waals surface area contributed by atoms with Crippen LogP contribution in [-0.4, -0.2) is 16.6 Å². The van der Waals surface area contributed by atoms with Gasteiger partial charge in [0, 0.05) is 23.3 Å². The van der Waals surface area contributed by atoms with Crippen LogP contribution in [0.1, 0.15) is 18.3 Å². The summed E-state index contributed by atoms with van der Waals surface area (Å²) in [5.74, 6) is 0.515. The Morgan fingerprint density at radius 1 is 1.37 bits per heavy atom. The number of hydrogen-bond acceptors (Lipinski definition) is 3. The van der Waals surface area contributed by atoms with Crippen LogP contribution in [0.25, 0.3) is 11.3 Å². The van der Waals surface area contributed by atoms with E-state index in [1.54, 1.807) is 0 Å². The van der Waals surface area contributed by atoms with Crippen molar-refractivity contribution >= 4 is 11.6 Å². The average molecular weight is 279 g/mol. The Balaban J connectivity index is 2.40. The fourth-order valence-corrected chi connectivity index (χ4v) is 1.86. The summed E-state index contributed by atoms with van der Waals surface area (Å²) in [5.41, 5.74) is 2.21. The Morgan fingerprint density at radius 3 is 2.84 bits per heavy atom. The minimum atomic E-state index is -0.198. The first-order chi connectivity index (χ1) is 9.10. The van der Waals surface area contributed by atoms with Crippen molar-refractivity contribution in [3.63, 3.8) is 0 Å². The molecule has 1 aromatic heterocycles. The quantitative estimate of drug-likeness (QED) is 0.935. The number of halogens is 1. The second-order valence-electron chi connectivity index (χ2n) is 4.18. The number of ether oxygens (including phenoxy) is 1. The van der Waals surface area contributed by atoms with Gasteiger partial charge < -0.3 is 9.72 Å². The van der Waals surface area contributed by atoms with Crippen LogP contribution in [0.2, 0.25) is 5.02 Å². The van der Waals surface area contributed by atoms with Crippen LogP contribution in [-0.2, 0) is 11.3 Å². The standard InChI is InChI=1S/C14H15ClN2O2/c1-3-19-8-13-16-12(7-14(18)17-13)10-5-4-9(2)11(15)6-10/h4-7H,3,8H2,1-2H3,(H,16,17,18). The molecule has 2 aromatic rings. The molecule has 2 rings (SSSR count). The first-order valence-electron chi connectivity index (χ1n) is 6.04. The summed E-state index contributed by atoms with van der Waals surface area (Å²) in [6, 6.07) is 7.07. The number of aryl methyl sites for hydroxylation is 1. The Morgan fingerprint density at radius 2 is 2.16 bits per heavy atom. The van der Waals surface area contributed by atoms with Gasteiger partial charge in [-0.3, -0.25) is 4.79 Å². The molecule has 4 nitrogen and oxygen atoms in total. The van der Waals surface area contributed by atoms with E-state index in [0.717, 1.165) is 11.1 Å². The lowest BCUT2D eigenvalue weighted by atomic mass is 10.1. The van der Waals surface area contributed by atoms with Gasteiger partial charge in [-0.2, -0.15) is 0 Å². The van der Waals surface area contributed by atoms with Gasteiger partial charge in [0.25, 0.3) is 5.56 Å². The minimum Gasteiger partial charge on any atom is -0.374 e. The number of aromatic amines is 1. The zero-order valence-electron chi connectivity index (χ0n) is 10.9. The molecule has 1 N–H and O–H groups in total. The molecular weight excluding hydrogens is 264 g/mol. The van der Waals surface area contributed by atoms with Crippen LogP contribution < -0.4 is 5.56 Å². The molecular formula is C14H15ClN2O2. The summed E-state index contributed by atoms with van der Waals surface area (Å²) in [4.78, 5) is 18.6. The van der Waals surface area contributed by atoms with E-state index in [4.69, 9.17) is 16.3 Å². The van der Waals surface area contributed by atoms with Gasteiger partial charge in [-0.15, -0.1) is 0 Å². The lowest BCUT2D eigenvalue weighted by Crippen LogP contribution is -2.12. The second kappa shape index (κ2) is 5.99. The number of hydrogen-bond donors (Lipinski definition) is 1. The largest absolute Gasteiger partial charge is 0.374 e. The van der Waals surface area contributed by atoms with Gasteiger partial charge in [0.1, 0.15) is 12.4 Å². The van der Waals surface area contributed by atoms with E-state index in [-0.39, 0.29) is 5.56 Å². The third kappa shape index (κ3) is 3.43. The smallest absolute Gasteiger partial charge is 0.251 e. The van der Waals surface area contributed by atoms with Crippen molar-refractivity contribution < 1.29 is 4.74 Å². The van der Waals surface area contributed by atoms with E-state index in [9.17, 15) is 4.79 Å². The predicted molar refractivity (Wildman–Crippen MR) is 75.4 cm³/mol. The molecule has 5 heteroatoms. The first kappa shape index (κ1) is 13.8. The molecule has 0 fully saturated rings. The van der Waals surface area contributed by atoms with E-state index in [1.807, 2.05) is 32.0 Å². The maximum Gasteiger partial charge on any atom is 0.251 e. The summed E-state index contributed by atoms with van der Waals surface area (Å²) >= 11 is 6.09. The van der Waals surface area contributed by atoms with Crippen molar-refractivity contribution in [2.45, 2.75) is 20.5 Å². The second-order valence-corrected chi connectivity index (χ2v) is 4.59. The third-order valence-electron chi connectivity index (χ3n) is 2.70. The van der Waals surface area contributed by atoms with Gasteiger partial charge in [0.15, 0.2) is 0 Å². The summed E-state index contributed by atoms with van der Waals surface area (Å²) in [7, 11) is 0. The third-order valence-corrected chi connectivity index (χ3v) is 3.11. The van der Waals surface area contributed by atoms with Gasteiger partial charge in [-0.1, -0.05) is 23.7 Å². The van der Waals surface area contributed by atoms with Crippen molar-refractivity contribution in [2.24, 2.45) is 0 Å². The summed E-state index contributed by atoms with van der Waals surface area (Å²) in [6.07, 6.45) is 0. The molecule has 0 saturated heterocycles. The van der Waals surface area contributed by atoms with Crippen molar-refractivity contribution in [2.75, 3.05) is 6.61 Å². The Bertz CT molecular complexity index is 638. The molecule has 19 heavy (non-hydrogen) atoms. The predicted octanol–water partition coefficient (Wildman–Crippen LogP) is 2.94. The lowest BCUT2D eigenvalue weighted by Gasteiger charge is -2.06. The molecule has 0 aliphatic rings. The van der Waals surface area contributed by atoms with Crippen LogP contribution in [0.4, 0.5) is 0 Å². The molecule has 0 unspecified atom stereocenters. The topological polar surface area (TPSA) is 55.0 Å². The highest BCUT2D eigenvalue weighted by Gasteiger charge is 2.06. The molecule has 0 spiro atoms. The van der Waals surface area contributed by atoms with Gasteiger partial charge in [0.2, 0.25) is 0 Å². The monoisotopic (exact) mass is 278 g/mol. The summed E-state index contributed by atoms with van der Waals surface area (Å²) in [5, 5.41) is 0.658. The Labute approximate surface area is 116 Å². The van der Waals surface area contributed by atoms with E-state index >= 15 is 0 Å². The summed E-state index contributed by atoms with van der Waals surface area (Å²) < 4.78 is 5.25. The number of benzene rings is 1. The van der Waals surface area contributed by atoms with Crippen LogP contribution in [0.5, 0.6) is 0 Å². The zero-order valence-corrected chi connectivity index (χ0v) is 11.6. The van der Waals surface area contributed by atoms with E-state index in [0.29, 0.717) is 29.8 Å². The van der Waals surface area contributed by atoms with E-state index in [2.05, 4.69) is 9.97 Å². The fraction of sp³-hybridized carbons (Fsp3) is 0.286. The fourth-order valence-electron chi connectivity index (χ4n) is 1.68. The molecule has 0 radical (unpaired) electrons. The van der Waals surface area contributed by atoms with Crippen LogP contribution >= 0.6 is 11.6 Å². The molecule has 0 atom stereocenters. The van der Waals surface area contributed by atoms with Crippen molar-refractivity contribution in [1.29, 1.82) is 0 Å². The molecule has 0 aliphatic heterocycles. The van der Waals surface area contributed by atoms with Crippen molar-refractivity contribution in [1.82, 2.24) is 9.97 Å². The maximum absolute atomic E-state index is 11.6. The molecule has 1 aromatic carbocycles. The Kier molecular flexibility index (Phi) is 4.35. The van der Waals surface area contributed by atoms with Crippen LogP contribution in [0.15, 0.2) is 29.1 Å². The number of H-pyrrole nitrogens is 1. The number of aromatic nitrogens is 2. The number of nitrogens with one attached hydrogen (secondary N) is 1. The minimum absolute atomic E-state index is 0.198. The molecule has 1 heterocycles. The summed E-state index contributed by atoms with van der Waals surface area (Å²) in [6.45, 7) is 4.68. The highest BCUT2D eigenvalue weighted by atomic mass is 35.5. The number of nitrogens with zero attached hydrogens (tertiary/aromatic N) is 1. The SMILES string of the molecule is CCOCc1nc(-c2ccc(C)c(Cl)c2)cc(=O)[nH]1. The van der Waals surface area contributed by atoms with Gasteiger partial charge >= 0.3 is 0 Å². The van der Waals surface area contributed by atoms with Gasteiger partial charge in [0.05, 0.1) is 5.69 Å². The van der Waals surface area contributed by atoms with E-state index < -0.39 is 0 Å². The van der Waals surface area contributed by atoms with Crippen LogP contribution in [0.3, 0.4) is 0 Å². The highest BCUT2D eigenvalue weighted by molar-refractivity contribution is 6.31. The van der Waals surface area contributed by atoms with Crippen molar-refractivity contribution in [3.8, 4) is 11.3 Å². The molecule has 0 amide bonds. The van der Waals surface area contributed by atoms with E-state index in [1.165, 1.54) is 6.07 Å². The van der Waals surface area contributed by atoms with Crippen molar-refractivity contribution in [3.05, 3.63) is 51.0 Å². The first-order valence-corrected chi connectivity index (χ1v) is 6.42. The highest BCUT2D eigenvalue weighted by Crippen LogP contribution is 2.23. The molecule has 0 saturated carbocycles. The maximum atomic E-state index is 11.6. The normalized spacial score (nSPS) is 10.7. The molecule has 100 valence electrons. The van der Waals surface area contributed by atoms with Crippen LogP contribution in [0, 0.1) is 6.92 Å². The number of rotatable bonds is 4. The molecule has 0 aliphatic carbocycles. The molecule has 0 bridgehead atoms. The van der Waals surface area contributed by atoms with Gasteiger partial charge in [-0.05, 0) is 25.5 Å². The average Bonchev–Trinajstić information content (AvgIpc) is 2.39. The lowest BCUT2D eigenvalue weighted by molar-refractivity contribution is 0.128. The Hall–Kier alpha value is -1.65. The zero-order chi connectivity index (χ0) is 13.8. The van der Waals surface area contributed by atoms with Gasteiger partial charge in [-0.25, -0.2) is 4.98 Å².